The van der Waals surface area contributed by atoms with Gasteiger partial charge in [0.05, 0.1) is 5.92 Å². The first-order valence-electron chi connectivity index (χ1n) is 6.45. The summed E-state index contributed by atoms with van der Waals surface area (Å²) in [7, 11) is 0. The van der Waals surface area contributed by atoms with Gasteiger partial charge >= 0.3 is 0 Å². The fourth-order valence-corrected chi connectivity index (χ4v) is 2.44. The Labute approximate surface area is 116 Å². The Kier molecular flexibility index (Phi) is 2.60. The number of fused-ring (bicyclic) bond motifs is 2. The second kappa shape index (κ2) is 4.58. The molecule has 4 heteroatoms. The summed E-state index contributed by atoms with van der Waals surface area (Å²) in [5.74, 6) is 2.12. The Bertz CT molecular complexity index is 678. The van der Waals surface area contributed by atoms with Crippen LogP contribution in [-0.2, 0) is 9.78 Å². The third kappa shape index (κ3) is 1.82. The van der Waals surface area contributed by atoms with E-state index in [2.05, 4.69) is 0 Å². The largest absolute Gasteiger partial charge is 0.337 e. The molecular formula is C16H12O4. The summed E-state index contributed by atoms with van der Waals surface area (Å²) in [5, 5.41) is 0. The van der Waals surface area contributed by atoms with Crippen LogP contribution in [0, 0.1) is 0 Å². The van der Waals surface area contributed by atoms with Crippen LogP contribution in [-0.4, -0.2) is 6.61 Å². The molecule has 2 aliphatic heterocycles. The number of hydrogen-bond acceptors (Lipinski definition) is 4. The monoisotopic (exact) mass is 268 g/mol. The number of benzene rings is 2. The quantitative estimate of drug-likeness (QED) is 0.742. The van der Waals surface area contributed by atoms with Gasteiger partial charge in [0, 0.05) is 11.1 Å². The highest BCUT2D eigenvalue weighted by atomic mass is 17.2. The molecule has 0 amide bonds. The molecule has 0 spiro atoms. The SMILES string of the molecule is C1=C(C2COOc3ccccc32)OOc2ccccc21. The molecule has 100 valence electrons. The highest BCUT2D eigenvalue weighted by molar-refractivity contribution is 5.61. The van der Waals surface area contributed by atoms with E-state index in [9.17, 15) is 0 Å². The molecule has 4 rings (SSSR count). The molecule has 0 saturated carbocycles. The van der Waals surface area contributed by atoms with Crippen LogP contribution in [0.5, 0.6) is 11.5 Å². The van der Waals surface area contributed by atoms with Gasteiger partial charge in [-0.1, -0.05) is 36.4 Å². The smallest absolute Gasteiger partial charge is 0.185 e. The first-order valence-corrected chi connectivity index (χ1v) is 6.45. The van der Waals surface area contributed by atoms with Crippen LogP contribution in [0.15, 0.2) is 54.3 Å². The lowest BCUT2D eigenvalue weighted by molar-refractivity contribution is -0.231. The average Bonchev–Trinajstić information content (AvgIpc) is 2.54. The first-order chi connectivity index (χ1) is 9.92. The predicted octanol–water partition coefficient (Wildman–Crippen LogP) is 3.46. The van der Waals surface area contributed by atoms with E-state index in [0.29, 0.717) is 12.4 Å². The van der Waals surface area contributed by atoms with Gasteiger partial charge in [0.2, 0.25) is 0 Å². The summed E-state index contributed by atoms with van der Waals surface area (Å²) in [5.41, 5.74) is 2.03. The van der Waals surface area contributed by atoms with E-state index in [-0.39, 0.29) is 5.92 Å². The van der Waals surface area contributed by atoms with Crippen molar-refractivity contribution in [1.82, 2.24) is 0 Å². The molecule has 2 aromatic carbocycles. The molecule has 2 aliphatic rings. The Morgan fingerprint density at radius 3 is 2.55 bits per heavy atom. The van der Waals surface area contributed by atoms with Gasteiger partial charge in [-0.3, -0.25) is 9.78 Å². The second-order valence-electron chi connectivity index (χ2n) is 4.71. The van der Waals surface area contributed by atoms with Crippen LogP contribution in [0.2, 0.25) is 0 Å². The maximum absolute atomic E-state index is 5.43. The zero-order valence-corrected chi connectivity index (χ0v) is 10.6. The lowest BCUT2D eigenvalue weighted by atomic mass is 9.95. The van der Waals surface area contributed by atoms with Crippen molar-refractivity contribution in [2.75, 3.05) is 6.61 Å². The molecule has 0 fully saturated rings. The number of para-hydroxylation sites is 2. The molecule has 4 nitrogen and oxygen atoms in total. The summed E-state index contributed by atoms with van der Waals surface area (Å²) in [6.45, 7) is 0.397. The van der Waals surface area contributed by atoms with E-state index in [4.69, 9.17) is 19.6 Å². The normalized spacial score (nSPS) is 19.6. The van der Waals surface area contributed by atoms with Crippen molar-refractivity contribution < 1.29 is 19.6 Å². The fraction of sp³-hybridized carbons (Fsp3) is 0.125. The standard InChI is InChI=1S/C16H12O4/c1-3-7-14-11(5-1)9-16(20-19-14)13-10-17-18-15-8-4-2-6-12(13)15/h1-9,13H,10H2. The minimum absolute atomic E-state index is 0.0340. The van der Waals surface area contributed by atoms with Gasteiger partial charge in [0.15, 0.2) is 17.3 Å². The molecule has 0 saturated heterocycles. The third-order valence-corrected chi connectivity index (χ3v) is 3.47. The zero-order chi connectivity index (χ0) is 13.4. The van der Waals surface area contributed by atoms with E-state index in [1.165, 1.54) is 0 Å². The molecule has 0 N–H and O–H groups in total. The van der Waals surface area contributed by atoms with E-state index in [0.717, 1.165) is 22.6 Å². The third-order valence-electron chi connectivity index (χ3n) is 3.47. The van der Waals surface area contributed by atoms with Gasteiger partial charge in [0.1, 0.15) is 6.61 Å². The van der Waals surface area contributed by atoms with Gasteiger partial charge in [0.25, 0.3) is 0 Å². The van der Waals surface area contributed by atoms with E-state index in [1.807, 2.05) is 54.6 Å². The lowest BCUT2D eigenvalue weighted by Crippen LogP contribution is -2.22. The van der Waals surface area contributed by atoms with E-state index < -0.39 is 0 Å². The molecule has 0 radical (unpaired) electrons. The molecule has 1 atom stereocenters. The maximum atomic E-state index is 5.43. The highest BCUT2D eigenvalue weighted by Crippen LogP contribution is 2.39. The van der Waals surface area contributed by atoms with E-state index in [1.54, 1.807) is 0 Å². The summed E-state index contributed by atoms with van der Waals surface area (Å²) < 4.78 is 0. The summed E-state index contributed by atoms with van der Waals surface area (Å²) in [6, 6.07) is 15.5. The van der Waals surface area contributed by atoms with Crippen molar-refractivity contribution in [3.05, 3.63) is 65.4 Å². The topological polar surface area (TPSA) is 36.9 Å². The molecule has 2 aromatic rings. The molecule has 20 heavy (non-hydrogen) atoms. The van der Waals surface area contributed by atoms with Crippen molar-refractivity contribution in [3.8, 4) is 11.5 Å². The van der Waals surface area contributed by atoms with Crippen molar-refractivity contribution in [2.45, 2.75) is 5.92 Å². The van der Waals surface area contributed by atoms with Crippen molar-refractivity contribution in [1.29, 1.82) is 0 Å². The molecule has 1 unspecified atom stereocenters. The minimum atomic E-state index is -0.0340. The van der Waals surface area contributed by atoms with Crippen LogP contribution in [0.25, 0.3) is 6.08 Å². The van der Waals surface area contributed by atoms with Crippen LogP contribution in [0.4, 0.5) is 0 Å². The predicted molar refractivity (Wildman–Crippen MR) is 71.9 cm³/mol. The summed E-state index contributed by atoms with van der Waals surface area (Å²) in [6.07, 6.45) is 1.98. The maximum Gasteiger partial charge on any atom is 0.185 e. The highest BCUT2D eigenvalue weighted by Gasteiger charge is 2.30. The summed E-state index contributed by atoms with van der Waals surface area (Å²) in [4.78, 5) is 21.1. The number of hydrogen-bond donors (Lipinski definition) is 0. The van der Waals surface area contributed by atoms with Gasteiger partial charge in [-0.05, 0) is 18.2 Å². The van der Waals surface area contributed by atoms with Crippen LogP contribution >= 0.6 is 0 Å². The van der Waals surface area contributed by atoms with Crippen molar-refractivity contribution in [3.63, 3.8) is 0 Å². The minimum Gasteiger partial charge on any atom is -0.337 e. The van der Waals surface area contributed by atoms with Crippen LogP contribution in [0.1, 0.15) is 17.0 Å². The summed E-state index contributed by atoms with van der Waals surface area (Å²) >= 11 is 0. The molecule has 0 bridgehead atoms. The Hall–Kier alpha value is -2.46. The number of rotatable bonds is 1. The second-order valence-corrected chi connectivity index (χ2v) is 4.71. The van der Waals surface area contributed by atoms with Gasteiger partial charge < -0.3 is 4.89 Å². The Balaban J connectivity index is 1.75. The van der Waals surface area contributed by atoms with Gasteiger partial charge in [-0.25, -0.2) is 0 Å². The Morgan fingerprint density at radius 2 is 1.60 bits per heavy atom. The first kappa shape index (κ1) is 11.4. The zero-order valence-electron chi connectivity index (χ0n) is 10.6. The average molecular weight is 268 g/mol. The fourth-order valence-electron chi connectivity index (χ4n) is 2.44. The lowest BCUT2D eigenvalue weighted by Gasteiger charge is -2.27. The molecule has 0 aliphatic carbocycles. The molecular weight excluding hydrogens is 256 g/mol. The van der Waals surface area contributed by atoms with Crippen molar-refractivity contribution in [2.24, 2.45) is 0 Å². The van der Waals surface area contributed by atoms with Crippen LogP contribution in [0.3, 0.4) is 0 Å². The van der Waals surface area contributed by atoms with Gasteiger partial charge in [-0.2, -0.15) is 4.89 Å². The van der Waals surface area contributed by atoms with Gasteiger partial charge in [-0.15, -0.1) is 0 Å². The van der Waals surface area contributed by atoms with Crippen LogP contribution < -0.4 is 9.78 Å². The molecule has 2 heterocycles. The Morgan fingerprint density at radius 1 is 0.800 bits per heavy atom. The molecule has 0 aromatic heterocycles. The van der Waals surface area contributed by atoms with Crippen molar-refractivity contribution >= 4 is 6.08 Å². The van der Waals surface area contributed by atoms with E-state index >= 15 is 0 Å².